The van der Waals surface area contributed by atoms with E-state index < -0.39 is 29.0 Å². The Morgan fingerprint density at radius 3 is 2.25 bits per heavy atom. The Bertz CT molecular complexity index is 498. The molecule has 0 aliphatic rings. The second-order valence-corrected chi connectivity index (χ2v) is 4.65. The summed E-state index contributed by atoms with van der Waals surface area (Å²) in [6.07, 6.45) is 0.393. The van der Waals surface area contributed by atoms with Gasteiger partial charge in [-0.1, -0.05) is 6.92 Å². The molecule has 0 bridgehead atoms. The molecule has 0 aliphatic carbocycles. The number of benzene rings is 1. The predicted octanol–water partition coefficient (Wildman–Crippen LogP) is 1.18. The van der Waals surface area contributed by atoms with Gasteiger partial charge in [-0.25, -0.2) is 8.78 Å². The zero-order valence-corrected chi connectivity index (χ0v) is 11.2. The molecule has 20 heavy (non-hydrogen) atoms. The third-order valence-corrected chi connectivity index (χ3v) is 2.72. The van der Waals surface area contributed by atoms with Gasteiger partial charge in [0.25, 0.3) is 0 Å². The first kappa shape index (κ1) is 16.0. The van der Waals surface area contributed by atoms with Crippen molar-refractivity contribution in [2.24, 2.45) is 0 Å². The van der Waals surface area contributed by atoms with Gasteiger partial charge in [-0.2, -0.15) is 0 Å². The van der Waals surface area contributed by atoms with Gasteiger partial charge >= 0.3 is 11.8 Å². The summed E-state index contributed by atoms with van der Waals surface area (Å²) in [6, 6.07) is 2.42. The Morgan fingerprint density at radius 2 is 1.75 bits per heavy atom. The number of hydrogen-bond acceptors (Lipinski definition) is 3. The molecule has 1 aromatic carbocycles. The maximum absolute atomic E-state index is 12.9. The first-order valence-corrected chi connectivity index (χ1v) is 6.01. The number of rotatable bonds is 4. The molecule has 0 saturated carbocycles. The van der Waals surface area contributed by atoms with Crippen LogP contribution in [0.1, 0.15) is 20.3 Å². The number of anilines is 1. The SMILES string of the molecule is CCC(C)(O)CNC(=O)C(=O)Nc1cc(F)cc(F)c1. The molecule has 0 saturated heterocycles. The summed E-state index contributed by atoms with van der Waals surface area (Å²) < 4.78 is 25.8. The first-order chi connectivity index (χ1) is 9.23. The van der Waals surface area contributed by atoms with Crippen molar-refractivity contribution >= 4 is 17.5 Å². The molecule has 0 spiro atoms. The van der Waals surface area contributed by atoms with E-state index in [0.717, 1.165) is 12.1 Å². The van der Waals surface area contributed by atoms with E-state index in [2.05, 4.69) is 10.6 Å². The largest absolute Gasteiger partial charge is 0.388 e. The van der Waals surface area contributed by atoms with Crippen LogP contribution in [-0.4, -0.2) is 29.1 Å². The molecule has 1 rings (SSSR count). The van der Waals surface area contributed by atoms with Gasteiger partial charge in [0.2, 0.25) is 0 Å². The fourth-order valence-corrected chi connectivity index (χ4v) is 1.29. The molecular formula is C13H16F2N2O3. The summed E-state index contributed by atoms with van der Waals surface area (Å²) in [5, 5.41) is 14.0. The quantitative estimate of drug-likeness (QED) is 0.727. The summed E-state index contributed by atoms with van der Waals surface area (Å²) >= 11 is 0. The van der Waals surface area contributed by atoms with Crippen LogP contribution in [0, 0.1) is 11.6 Å². The van der Waals surface area contributed by atoms with E-state index in [-0.39, 0.29) is 12.2 Å². The lowest BCUT2D eigenvalue weighted by Crippen LogP contribution is -2.44. The second-order valence-electron chi connectivity index (χ2n) is 4.65. The number of carbonyl (C=O) groups excluding carboxylic acids is 2. The molecule has 1 unspecified atom stereocenters. The van der Waals surface area contributed by atoms with Crippen molar-refractivity contribution in [3.63, 3.8) is 0 Å². The van der Waals surface area contributed by atoms with Crippen LogP contribution < -0.4 is 10.6 Å². The summed E-state index contributed by atoms with van der Waals surface area (Å²) in [5.74, 6) is -3.80. The van der Waals surface area contributed by atoms with E-state index in [1.807, 2.05) is 0 Å². The maximum Gasteiger partial charge on any atom is 0.313 e. The normalized spacial score (nSPS) is 13.4. The maximum atomic E-state index is 12.9. The predicted molar refractivity (Wildman–Crippen MR) is 68.9 cm³/mol. The molecule has 0 radical (unpaired) electrons. The third-order valence-electron chi connectivity index (χ3n) is 2.72. The van der Waals surface area contributed by atoms with Crippen molar-refractivity contribution in [1.82, 2.24) is 5.32 Å². The van der Waals surface area contributed by atoms with E-state index in [0.29, 0.717) is 12.5 Å². The molecule has 1 aromatic rings. The molecule has 110 valence electrons. The van der Waals surface area contributed by atoms with Crippen LogP contribution in [0.2, 0.25) is 0 Å². The fraction of sp³-hybridized carbons (Fsp3) is 0.385. The smallest absolute Gasteiger partial charge is 0.313 e. The van der Waals surface area contributed by atoms with Gasteiger partial charge in [-0.3, -0.25) is 9.59 Å². The summed E-state index contributed by atoms with van der Waals surface area (Å²) in [5.41, 5.74) is -1.29. The summed E-state index contributed by atoms with van der Waals surface area (Å²) in [7, 11) is 0. The van der Waals surface area contributed by atoms with Crippen LogP contribution in [0.15, 0.2) is 18.2 Å². The van der Waals surface area contributed by atoms with Gasteiger partial charge in [0, 0.05) is 18.3 Å². The molecule has 2 amide bonds. The van der Waals surface area contributed by atoms with Crippen LogP contribution in [-0.2, 0) is 9.59 Å². The van der Waals surface area contributed by atoms with Gasteiger partial charge in [-0.15, -0.1) is 0 Å². The van der Waals surface area contributed by atoms with E-state index >= 15 is 0 Å². The van der Waals surface area contributed by atoms with Crippen molar-refractivity contribution in [2.45, 2.75) is 25.9 Å². The van der Waals surface area contributed by atoms with Crippen LogP contribution in [0.5, 0.6) is 0 Å². The van der Waals surface area contributed by atoms with Crippen LogP contribution in [0.25, 0.3) is 0 Å². The highest BCUT2D eigenvalue weighted by molar-refractivity contribution is 6.39. The highest BCUT2D eigenvalue weighted by Crippen LogP contribution is 2.12. The lowest BCUT2D eigenvalue weighted by Gasteiger charge is -2.21. The minimum Gasteiger partial charge on any atom is -0.388 e. The molecule has 3 N–H and O–H groups in total. The molecular weight excluding hydrogens is 270 g/mol. The molecule has 5 nitrogen and oxygen atoms in total. The molecule has 7 heteroatoms. The summed E-state index contributed by atoms with van der Waals surface area (Å²) in [4.78, 5) is 22.9. The van der Waals surface area contributed by atoms with Crippen molar-refractivity contribution < 1.29 is 23.5 Å². The van der Waals surface area contributed by atoms with Gasteiger partial charge in [0.05, 0.1) is 5.60 Å². The zero-order valence-electron chi connectivity index (χ0n) is 11.2. The number of amides is 2. The van der Waals surface area contributed by atoms with Crippen molar-refractivity contribution in [2.75, 3.05) is 11.9 Å². The molecule has 0 aromatic heterocycles. The highest BCUT2D eigenvalue weighted by atomic mass is 19.1. The topological polar surface area (TPSA) is 78.4 Å². The minimum atomic E-state index is -1.12. The number of hydrogen-bond donors (Lipinski definition) is 3. The lowest BCUT2D eigenvalue weighted by molar-refractivity contribution is -0.136. The Hall–Kier alpha value is -2.02. The standard InChI is InChI=1S/C13H16F2N2O3/c1-3-13(2,20)7-16-11(18)12(19)17-10-5-8(14)4-9(15)6-10/h4-6,20H,3,7H2,1-2H3,(H,16,18)(H,17,19). The van der Waals surface area contributed by atoms with Gasteiger partial charge in [-0.05, 0) is 25.5 Å². The number of carbonyl (C=O) groups is 2. The van der Waals surface area contributed by atoms with E-state index in [9.17, 15) is 23.5 Å². The zero-order chi connectivity index (χ0) is 15.3. The van der Waals surface area contributed by atoms with Gasteiger partial charge in [0.1, 0.15) is 11.6 Å². The van der Waals surface area contributed by atoms with Crippen LogP contribution in [0.3, 0.4) is 0 Å². The minimum absolute atomic E-state index is 0.104. The summed E-state index contributed by atoms with van der Waals surface area (Å²) in [6.45, 7) is 3.13. The van der Waals surface area contributed by atoms with Crippen LogP contribution in [0.4, 0.5) is 14.5 Å². The van der Waals surface area contributed by atoms with Crippen molar-refractivity contribution in [3.05, 3.63) is 29.8 Å². The number of aliphatic hydroxyl groups is 1. The van der Waals surface area contributed by atoms with E-state index in [1.165, 1.54) is 6.92 Å². The molecule has 0 aliphatic heterocycles. The monoisotopic (exact) mass is 286 g/mol. The fourth-order valence-electron chi connectivity index (χ4n) is 1.29. The average Bonchev–Trinajstić information content (AvgIpc) is 2.34. The lowest BCUT2D eigenvalue weighted by atomic mass is 10.0. The Kier molecular flexibility index (Phi) is 5.15. The van der Waals surface area contributed by atoms with E-state index in [1.54, 1.807) is 6.92 Å². The molecule has 1 atom stereocenters. The third kappa shape index (κ3) is 4.93. The Labute approximate surface area is 115 Å². The first-order valence-electron chi connectivity index (χ1n) is 6.01. The van der Waals surface area contributed by atoms with Gasteiger partial charge in [0.15, 0.2) is 0 Å². The van der Waals surface area contributed by atoms with Crippen molar-refractivity contribution in [3.8, 4) is 0 Å². The van der Waals surface area contributed by atoms with Crippen molar-refractivity contribution in [1.29, 1.82) is 0 Å². The van der Waals surface area contributed by atoms with Gasteiger partial charge < -0.3 is 15.7 Å². The molecule has 0 fully saturated rings. The Morgan fingerprint density at radius 1 is 1.20 bits per heavy atom. The van der Waals surface area contributed by atoms with Crippen LogP contribution >= 0.6 is 0 Å². The second kappa shape index (κ2) is 6.42. The Balaban J connectivity index is 2.60. The number of halogens is 2. The number of nitrogens with one attached hydrogen (secondary N) is 2. The van der Waals surface area contributed by atoms with E-state index in [4.69, 9.17) is 0 Å². The highest BCUT2D eigenvalue weighted by Gasteiger charge is 2.21. The average molecular weight is 286 g/mol. The molecule has 0 heterocycles.